The van der Waals surface area contributed by atoms with Crippen LogP contribution in [0.5, 0.6) is 0 Å². The highest BCUT2D eigenvalue weighted by Crippen LogP contribution is 2.29. The molecule has 0 bridgehead atoms. The number of thiol groups is 1. The first-order valence-corrected chi connectivity index (χ1v) is 6.59. The van der Waals surface area contributed by atoms with Crippen molar-refractivity contribution in [2.45, 2.75) is 37.9 Å². The molecule has 2 N–H and O–H groups in total. The Balaban J connectivity index is 2.48. The zero-order valence-corrected chi connectivity index (χ0v) is 11.0. The van der Waals surface area contributed by atoms with E-state index in [-0.39, 0.29) is 6.04 Å². The van der Waals surface area contributed by atoms with Gasteiger partial charge >= 0.3 is 12.1 Å². The number of hydrogen-bond acceptors (Lipinski definition) is 3. The molecule has 1 aliphatic carbocycles. The van der Waals surface area contributed by atoms with Gasteiger partial charge in [-0.25, -0.2) is 0 Å². The van der Waals surface area contributed by atoms with Crippen LogP contribution in [-0.4, -0.2) is 35.0 Å². The summed E-state index contributed by atoms with van der Waals surface area (Å²) in [6, 6.07) is -0.382. The maximum atomic E-state index is 12.5. The van der Waals surface area contributed by atoms with Crippen molar-refractivity contribution in [2.24, 2.45) is 11.8 Å². The molecule has 1 rings (SSSR count). The molecule has 8 heteroatoms. The van der Waals surface area contributed by atoms with Crippen LogP contribution in [0.4, 0.5) is 13.2 Å². The summed E-state index contributed by atoms with van der Waals surface area (Å²) in [5, 5.41) is 11.1. The molecule has 110 valence electrons. The second-order valence-corrected chi connectivity index (χ2v) is 5.04. The maximum absolute atomic E-state index is 12.5. The summed E-state index contributed by atoms with van der Waals surface area (Å²) in [7, 11) is 0. The fourth-order valence-electron chi connectivity index (χ4n) is 2.12. The summed E-state index contributed by atoms with van der Waals surface area (Å²) in [6.45, 7) is 0. The van der Waals surface area contributed by atoms with Crippen molar-refractivity contribution in [3.8, 4) is 0 Å². The number of alkyl halides is 3. The quantitative estimate of drug-likeness (QED) is 0.694. The Morgan fingerprint density at radius 1 is 1.26 bits per heavy atom. The highest BCUT2D eigenvalue weighted by atomic mass is 32.1. The molecule has 0 aromatic rings. The molecule has 0 saturated heterocycles. The summed E-state index contributed by atoms with van der Waals surface area (Å²) in [5.74, 6) is -5.15. The number of carbonyl (C=O) groups is 2. The number of rotatable bonds is 4. The van der Waals surface area contributed by atoms with Crippen LogP contribution >= 0.6 is 12.6 Å². The van der Waals surface area contributed by atoms with Crippen molar-refractivity contribution in [3.05, 3.63) is 0 Å². The molecule has 0 aromatic heterocycles. The van der Waals surface area contributed by atoms with E-state index in [1.54, 1.807) is 0 Å². The molecule has 1 amide bonds. The van der Waals surface area contributed by atoms with Gasteiger partial charge in [-0.1, -0.05) is 0 Å². The maximum Gasteiger partial charge on any atom is 0.401 e. The Labute approximate surface area is 114 Å². The first-order valence-electron chi connectivity index (χ1n) is 5.96. The Bertz CT molecular complexity index is 341. The van der Waals surface area contributed by atoms with Gasteiger partial charge in [-0.3, -0.25) is 9.59 Å². The number of carboxylic acid groups (broad SMARTS) is 1. The monoisotopic (exact) mass is 299 g/mol. The summed E-state index contributed by atoms with van der Waals surface area (Å²) < 4.78 is 37.5. The van der Waals surface area contributed by atoms with Crippen molar-refractivity contribution >= 4 is 24.5 Å². The van der Waals surface area contributed by atoms with E-state index in [9.17, 15) is 22.8 Å². The molecule has 1 aliphatic rings. The molecule has 19 heavy (non-hydrogen) atoms. The van der Waals surface area contributed by atoms with Gasteiger partial charge in [0, 0.05) is 11.8 Å². The Morgan fingerprint density at radius 3 is 2.16 bits per heavy atom. The standard InChI is InChI=1S/C11H16F3NO3S/c12-11(13,14)8(5-19)9(16)15-7-3-1-6(2-4-7)10(17)18/h6-8,19H,1-5H2,(H,15,16)(H,17,18)/t6-,7+,8?. The molecular formula is C11H16F3NO3S. The van der Waals surface area contributed by atoms with Gasteiger partial charge in [-0.05, 0) is 25.7 Å². The Morgan fingerprint density at radius 2 is 1.79 bits per heavy atom. The average molecular weight is 299 g/mol. The minimum atomic E-state index is -4.61. The lowest BCUT2D eigenvalue weighted by Gasteiger charge is -2.28. The summed E-state index contributed by atoms with van der Waals surface area (Å²) >= 11 is 3.55. The molecule has 1 unspecified atom stereocenters. The van der Waals surface area contributed by atoms with Gasteiger partial charge in [-0.15, -0.1) is 0 Å². The van der Waals surface area contributed by atoms with Crippen LogP contribution in [0.15, 0.2) is 0 Å². The lowest BCUT2D eigenvalue weighted by atomic mass is 9.86. The van der Waals surface area contributed by atoms with Gasteiger partial charge in [0.2, 0.25) is 5.91 Å². The van der Waals surface area contributed by atoms with E-state index in [1.807, 2.05) is 0 Å². The van der Waals surface area contributed by atoms with E-state index < -0.39 is 35.6 Å². The topological polar surface area (TPSA) is 66.4 Å². The number of halogens is 3. The van der Waals surface area contributed by atoms with Crippen molar-refractivity contribution in [3.63, 3.8) is 0 Å². The van der Waals surface area contributed by atoms with Crippen LogP contribution in [0.3, 0.4) is 0 Å². The smallest absolute Gasteiger partial charge is 0.401 e. The first kappa shape index (κ1) is 16.1. The SMILES string of the molecule is O=C(N[C@H]1CC[C@@H](C(=O)O)CC1)C(CS)C(F)(F)F. The van der Waals surface area contributed by atoms with Crippen LogP contribution in [0.2, 0.25) is 0 Å². The molecule has 1 saturated carbocycles. The molecule has 0 aliphatic heterocycles. The van der Waals surface area contributed by atoms with Crippen LogP contribution < -0.4 is 5.32 Å². The van der Waals surface area contributed by atoms with Crippen LogP contribution in [0, 0.1) is 11.8 Å². The van der Waals surface area contributed by atoms with E-state index >= 15 is 0 Å². The lowest BCUT2D eigenvalue weighted by molar-refractivity contribution is -0.178. The summed E-state index contributed by atoms with van der Waals surface area (Å²) in [5.41, 5.74) is 0. The van der Waals surface area contributed by atoms with Crippen molar-refractivity contribution in [2.75, 3.05) is 5.75 Å². The van der Waals surface area contributed by atoms with Gasteiger partial charge in [0.15, 0.2) is 0 Å². The van der Waals surface area contributed by atoms with E-state index in [1.165, 1.54) is 0 Å². The van der Waals surface area contributed by atoms with Crippen molar-refractivity contribution in [1.29, 1.82) is 0 Å². The van der Waals surface area contributed by atoms with Crippen LogP contribution in [-0.2, 0) is 9.59 Å². The zero-order chi connectivity index (χ0) is 14.6. The highest BCUT2D eigenvalue weighted by Gasteiger charge is 2.44. The lowest BCUT2D eigenvalue weighted by Crippen LogP contribution is -2.46. The van der Waals surface area contributed by atoms with E-state index in [0.717, 1.165) is 0 Å². The minimum absolute atomic E-state index is 0.373. The third-order valence-corrected chi connectivity index (χ3v) is 3.68. The second-order valence-electron chi connectivity index (χ2n) is 4.67. The number of amides is 1. The second kappa shape index (κ2) is 6.49. The van der Waals surface area contributed by atoms with Gasteiger partial charge in [0.25, 0.3) is 0 Å². The molecule has 1 atom stereocenters. The van der Waals surface area contributed by atoms with Gasteiger partial charge in [-0.2, -0.15) is 25.8 Å². The van der Waals surface area contributed by atoms with Crippen molar-refractivity contribution < 1.29 is 27.9 Å². The van der Waals surface area contributed by atoms with Crippen LogP contribution in [0.25, 0.3) is 0 Å². The third kappa shape index (κ3) is 4.59. The van der Waals surface area contributed by atoms with Crippen molar-refractivity contribution in [1.82, 2.24) is 5.32 Å². The largest absolute Gasteiger partial charge is 0.481 e. The average Bonchev–Trinajstić information content (AvgIpc) is 2.28. The molecule has 0 aromatic carbocycles. The molecule has 0 heterocycles. The molecule has 0 radical (unpaired) electrons. The predicted molar refractivity (Wildman–Crippen MR) is 64.9 cm³/mol. The summed E-state index contributed by atoms with van der Waals surface area (Å²) in [6.07, 6.45) is -3.08. The number of carbonyl (C=O) groups excluding carboxylic acids is 1. The van der Waals surface area contributed by atoms with Gasteiger partial charge in [0.1, 0.15) is 5.92 Å². The Kier molecular flexibility index (Phi) is 5.51. The third-order valence-electron chi connectivity index (χ3n) is 3.32. The van der Waals surface area contributed by atoms with E-state index in [0.29, 0.717) is 25.7 Å². The van der Waals surface area contributed by atoms with Gasteiger partial charge < -0.3 is 10.4 Å². The number of hydrogen-bond donors (Lipinski definition) is 3. The summed E-state index contributed by atoms with van der Waals surface area (Å²) in [4.78, 5) is 22.2. The number of carboxylic acids is 1. The zero-order valence-electron chi connectivity index (χ0n) is 10.1. The van der Waals surface area contributed by atoms with Gasteiger partial charge in [0.05, 0.1) is 5.92 Å². The molecule has 0 spiro atoms. The molecular weight excluding hydrogens is 283 g/mol. The molecule has 1 fully saturated rings. The Hall–Kier alpha value is -0.920. The normalized spacial score (nSPS) is 25.7. The fourth-order valence-corrected chi connectivity index (χ4v) is 2.49. The highest BCUT2D eigenvalue weighted by molar-refractivity contribution is 7.80. The minimum Gasteiger partial charge on any atom is -0.481 e. The van der Waals surface area contributed by atoms with Crippen LogP contribution in [0.1, 0.15) is 25.7 Å². The number of nitrogens with one attached hydrogen (secondary N) is 1. The van der Waals surface area contributed by atoms with E-state index in [4.69, 9.17) is 5.11 Å². The first-order chi connectivity index (χ1) is 8.75. The molecule has 4 nitrogen and oxygen atoms in total. The number of aliphatic carboxylic acids is 1. The fraction of sp³-hybridized carbons (Fsp3) is 0.818. The predicted octanol–water partition coefficient (Wildman–Crippen LogP) is 1.85. The van der Waals surface area contributed by atoms with E-state index in [2.05, 4.69) is 17.9 Å².